The van der Waals surface area contributed by atoms with Crippen molar-refractivity contribution in [1.82, 2.24) is 0 Å². The van der Waals surface area contributed by atoms with Gasteiger partial charge in [0.25, 0.3) is 0 Å². The SMILES string of the molecule is O=C(O)c1ccc(S(=O)(=O)Cc2cc(F)ccc2F)o1. The molecule has 0 aliphatic rings. The summed E-state index contributed by atoms with van der Waals surface area (Å²) >= 11 is 0. The average molecular weight is 302 g/mol. The van der Waals surface area contributed by atoms with E-state index in [-0.39, 0.29) is 5.56 Å². The second kappa shape index (κ2) is 5.04. The van der Waals surface area contributed by atoms with Crippen LogP contribution in [0.25, 0.3) is 0 Å². The third-order valence-electron chi connectivity index (χ3n) is 2.45. The van der Waals surface area contributed by atoms with Crippen LogP contribution in [0.15, 0.2) is 39.8 Å². The van der Waals surface area contributed by atoms with Gasteiger partial charge in [0.15, 0.2) is 0 Å². The van der Waals surface area contributed by atoms with Crippen molar-refractivity contribution >= 4 is 15.8 Å². The number of carboxylic acid groups (broad SMARTS) is 1. The molecular formula is C12H8F2O5S. The highest BCUT2D eigenvalue weighted by atomic mass is 32.2. The van der Waals surface area contributed by atoms with E-state index in [4.69, 9.17) is 5.11 Å². The molecule has 2 rings (SSSR count). The van der Waals surface area contributed by atoms with Crippen molar-refractivity contribution in [2.45, 2.75) is 10.8 Å². The Morgan fingerprint density at radius 1 is 1.20 bits per heavy atom. The molecule has 1 N–H and O–H groups in total. The Balaban J connectivity index is 2.35. The van der Waals surface area contributed by atoms with Crippen molar-refractivity contribution in [2.24, 2.45) is 0 Å². The van der Waals surface area contributed by atoms with Gasteiger partial charge in [-0.1, -0.05) is 0 Å². The zero-order valence-corrected chi connectivity index (χ0v) is 10.7. The Labute approximate surface area is 112 Å². The fourth-order valence-corrected chi connectivity index (χ4v) is 2.80. The summed E-state index contributed by atoms with van der Waals surface area (Å²) in [5.74, 6) is -4.46. The smallest absolute Gasteiger partial charge is 0.371 e. The third-order valence-corrected chi connectivity index (χ3v) is 3.98. The minimum atomic E-state index is -4.10. The minimum absolute atomic E-state index is 0.363. The fraction of sp³-hybridized carbons (Fsp3) is 0.0833. The van der Waals surface area contributed by atoms with E-state index >= 15 is 0 Å². The number of aromatic carboxylic acids is 1. The molecule has 0 fully saturated rings. The lowest BCUT2D eigenvalue weighted by Gasteiger charge is -2.03. The molecule has 1 aromatic heterocycles. The monoisotopic (exact) mass is 302 g/mol. The van der Waals surface area contributed by atoms with Crippen LogP contribution in [-0.2, 0) is 15.6 Å². The first-order valence-corrected chi connectivity index (χ1v) is 6.94. The number of halogens is 2. The van der Waals surface area contributed by atoms with Crippen molar-refractivity contribution < 1.29 is 31.5 Å². The Bertz CT molecular complexity index is 764. The summed E-state index contributed by atoms with van der Waals surface area (Å²) in [7, 11) is -4.10. The van der Waals surface area contributed by atoms with E-state index in [0.29, 0.717) is 0 Å². The Hall–Kier alpha value is -2.22. The van der Waals surface area contributed by atoms with Gasteiger partial charge in [-0.2, -0.15) is 0 Å². The first-order chi connectivity index (χ1) is 9.29. The second-order valence-electron chi connectivity index (χ2n) is 3.92. The molecule has 0 spiro atoms. The van der Waals surface area contributed by atoms with Gasteiger partial charge in [-0.05, 0) is 30.3 Å². The molecule has 2 aromatic rings. The van der Waals surface area contributed by atoms with E-state index in [1.54, 1.807) is 0 Å². The van der Waals surface area contributed by atoms with Gasteiger partial charge in [0.1, 0.15) is 11.6 Å². The number of hydrogen-bond donors (Lipinski definition) is 1. The fourth-order valence-electron chi connectivity index (χ4n) is 1.53. The number of hydrogen-bond acceptors (Lipinski definition) is 4. The molecule has 0 radical (unpaired) electrons. The van der Waals surface area contributed by atoms with E-state index in [1.807, 2.05) is 0 Å². The molecular weight excluding hydrogens is 294 g/mol. The van der Waals surface area contributed by atoms with Gasteiger partial charge in [0.05, 0.1) is 5.75 Å². The van der Waals surface area contributed by atoms with Crippen LogP contribution in [0.3, 0.4) is 0 Å². The van der Waals surface area contributed by atoms with Crippen molar-refractivity contribution in [3.8, 4) is 0 Å². The highest BCUT2D eigenvalue weighted by Crippen LogP contribution is 2.21. The van der Waals surface area contributed by atoms with Gasteiger partial charge in [-0.25, -0.2) is 22.0 Å². The zero-order valence-electron chi connectivity index (χ0n) is 9.84. The number of benzene rings is 1. The number of carbonyl (C=O) groups is 1. The van der Waals surface area contributed by atoms with Crippen molar-refractivity contribution in [3.63, 3.8) is 0 Å². The maximum absolute atomic E-state index is 13.4. The Morgan fingerprint density at radius 2 is 1.90 bits per heavy atom. The molecule has 8 heteroatoms. The van der Waals surface area contributed by atoms with E-state index in [2.05, 4.69) is 4.42 Å². The Morgan fingerprint density at radius 3 is 2.50 bits per heavy atom. The van der Waals surface area contributed by atoms with E-state index in [1.165, 1.54) is 0 Å². The summed E-state index contributed by atoms with van der Waals surface area (Å²) in [6, 6.07) is 4.35. The molecule has 0 saturated heterocycles. The van der Waals surface area contributed by atoms with Crippen LogP contribution in [0.5, 0.6) is 0 Å². The number of carboxylic acids is 1. The summed E-state index contributed by atoms with van der Waals surface area (Å²) in [4.78, 5) is 10.6. The molecule has 0 unspecified atom stereocenters. The van der Waals surface area contributed by atoms with E-state index < -0.39 is 44.0 Å². The van der Waals surface area contributed by atoms with Crippen molar-refractivity contribution in [1.29, 1.82) is 0 Å². The predicted octanol–water partition coefficient (Wildman–Crippen LogP) is 2.23. The summed E-state index contributed by atoms with van der Waals surface area (Å²) in [5, 5.41) is 8.02. The molecule has 1 aromatic carbocycles. The molecule has 0 bridgehead atoms. The van der Waals surface area contributed by atoms with Crippen LogP contribution in [-0.4, -0.2) is 19.5 Å². The van der Waals surface area contributed by atoms with Crippen LogP contribution in [0.4, 0.5) is 8.78 Å². The van der Waals surface area contributed by atoms with Gasteiger partial charge >= 0.3 is 5.97 Å². The molecule has 0 atom stereocenters. The first kappa shape index (κ1) is 14.2. The third kappa shape index (κ3) is 2.85. The summed E-state index contributed by atoms with van der Waals surface area (Å²) in [6.45, 7) is 0. The van der Waals surface area contributed by atoms with Crippen molar-refractivity contribution in [3.05, 3.63) is 53.3 Å². The molecule has 0 aliphatic carbocycles. The van der Waals surface area contributed by atoms with E-state index in [9.17, 15) is 22.0 Å². The van der Waals surface area contributed by atoms with Gasteiger partial charge in [-0.15, -0.1) is 0 Å². The molecule has 0 saturated carbocycles. The van der Waals surface area contributed by atoms with Crippen molar-refractivity contribution in [2.75, 3.05) is 0 Å². The minimum Gasteiger partial charge on any atom is -0.475 e. The highest BCUT2D eigenvalue weighted by Gasteiger charge is 2.23. The summed E-state index contributed by atoms with van der Waals surface area (Å²) in [6.07, 6.45) is 0. The summed E-state index contributed by atoms with van der Waals surface area (Å²) in [5.41, 5.74) is -0.363. The van der Waals surface area contributed by atoms with Gasteiger partial charge in [-0.3, -0.25) is 0 Å². The largest absolute Gasteiger partial charge is 0.475 e. The van der Waals surface area contributed by atoms with Crippen LogP contribution in [0.2, 0.25) is 0 Å². The summed E-state index contributed by atoms with van der Waals surface area (Å²) < 4.78 is 54.9. The van der Waals surface area contributed by atoms with Crippen LogP contribution in [0, 0.1) is 11.6 Å². The highest BCUT2D eigenvalue weighted by molar-refractivity contribution is 7.90. The Kier molecular flexibility index (Phi) is 3.58. The van der Waals surface area contributed by atoms with Crippen LogP contribution >= 0.6 is 0 Å². The predicted molar refractivity (Wildman–Crippen MR) is 62.9 cm³/mol. The number of sulfone groups is 1. The normalized spacial score (nSPS) is 11.5. The van der Waals surface area contributed by atoms with E-state index in [0.717, 1.165) is 30.3 Å². The van der Waals surface area contributed by atoms with Gasteiger partial charge in [0.2, 0.25) is 20.7 Å². The van der Waals surface area contributed by atoms with Gasteiger partial charge in [0, 0.05) is 5.56 Å². The molecule has 0 amide bonds. The van der Waals surface area contributed by atoms with Crippen LogP contribution in [0.1, 0.15) is 16.1 Å². The molecule has 106 valence electrons. The molecule has 20 heavy (non-hydrogen) atoms. The molecule has 0 aliphatic heterocycles. The average Bonchev–Trinajstić information content (AvgIpc) is 2.84. The standard InChI is InChI=1S/C12H8F2O5S/c13-8-1-2-9(14)7(5-8)6-20(17,18)11-4-3-10(19-11)12(15)16/h1-5H,6H2,(H,15,16). The lowest BCUT2D eigenvalue weighted by atomic mass is 10.2. The number of rotatable bonds is 4. The molecule has 5 nitrogen and oxygen atoms in total. The topological polar surface area (TPSA) is 84.6 Å². The number of furan rings is 1. The van der Waals surface area contributed by atoms with Gasteiger partial charge < -0.3 is 9.52 Å². The lowest BCUT2D eigenvalue weighted by Crippen LogP contribution is -2.06. The maximum Gasteiger partial charge on any atom is 0.371 e. The quantitative estimate of drug-likeness (QED) is 0.936. The second-order valence-corrected chi connectivity index (χ2v) is 5.84. The first-order valence-electron chi connectivity index (χ1n) is 5.29. The maximum atomic E-state index is 13.4. The zero-order chi connectivity index (χ0) is 14.9. The lowest BCUT2D eigenvalue weighted by molar-refractivity contribution is 0.0656. The van der Waals surface area contributed by atoms with Crippen LogP contribution < -0.4 is 0 Å². The molecule has 1 heterocycles.